The maximum absolute atomic E-state index is 12.8. The van der Waals surface area contributed by atoms with E-state index >= 15 is 0 Å². The molecule has 2 heterocycles. The highest BCUT2D eigenvalue weighted by Crippen LogP contribution is 2.17. The number of halogens is 1. The van der Waals surface area contributed by atoms with Crippen molar-refractivity contribution in [1.29, 1.82) is 0 Å². The summed E-state index contributed by atoms with van der Waals surface area (Å²) in [4.78, 5) is 28.8. The minimum Gasteiger partial charge on any atom is -0.492 e. The van der Waals surface area contributed by atoms with E-state index in [1.807, 2.05) is 0 Å². The summed E-state index contributed by atoms with van der Waals surface area (Å²) in [5, 5.41) is 14.1. The van der Waals surface area contributed by atoms with E-state index in [0.29, 0.717) is 16.2 Å². The van der Waals surface area contributed by atoms with Crippen LogP contribution in [0.15, 0.2) is 34.4 Å². The predicted octanol–water partition coefficient (Wildman–Crippen LogP) is 1.84. The Balaban J connectivity index is 1.90. The van der Waals surface area contributed by atoms with Crippen LogP contribution in [0.4, 0.5) is 4.39 Å². The van der Waals surface area contributed by atoms with Crippen molar-refractivity contribution in [3.63, 3.8) is 0 Å². The average Bonchev–Trinajstić information content (AvgIpc) is 2.88. The third kappa shape index (κ3) is 2.80. The molecule has 1 aromatic carbocycles. The summed E-state index contributed by atoms with van der Waals surface area (Å²) < 4.78 is 14.1. The van der Waals surface area contributed by atoms with Crippen molar-refractivity contribution in [2.75, 3.05) is 0 Å². The van der Waals surface area contributed by atoms with Gasteiger partial charge in [0, 0.05) is 17.6 Å². The van der Waals surface area contributed by atoms with Gasteiger partial charge >= 0.3 is 0 Å². The summed E-state index contributed by atoms with van der Waals surface area (Å²) in [5.41, 5.74) is 0.268. The Morgan fingerprint density at radius 3 is 2.78 bits per heavy atom. The molecule has 0 atom stereocenters. The Hall–Kier alpha value is -2.74. The van der Waals surface area contributed by atoms with Gasteiger partial charge in [-0.3, -0.25) is 14.0 Å². The second kappa shape index (κ2) is 5.81. The van der Waals surface area contributed by atoms with Gasteiger partial charge in [0.25, 0.3) is 11.5 Å². The molecule has 0 saturated heterocycles. The molecule has 8 heteroatoms. The smallest absolute Gasteiger partial charge is 0.275 e. The quantitative estimate of drug-likeness (QED) is 0.766. The van der Waals surface area contributed by atoms with Crippen molar-refractivity contribution in [1.82, 2.24) is 14.7 Å². The van der Waals surface area contributed by atoms with Gasteiger partial charge in [-0.25, -0.2) is 4.39 Å². The number of carbonyl (C=O) groups excluding carboxylic acids is 1. The summed E-state index contributed by atoms with van der Waals surface area (Å²) in [5.74, 6) is -1.71. The molecular weight excluding hydrogens is 321 g/mol. The average molecular weight is 333 g/mol. The summed E-state index contributed by atoms with van der Waals surface area (Å²) in [7, 11) is 0. The lowest BCUT2D eigenvalue weighted by molar-refractivity contribution is 0.0945. The minimum absolute atomic E-state index is 0.101. The first-order valence-corrected chi connectivity index (χ1v) is 7.58. The van der Waals surface area contributed by atoms with Crippen LogP contribution in [-0.4, -0.2) is 20.4 Å². The van der Waals surface area contributed by atoms with Crippen molar-refractivity contribution in [2.45, 2.75) is 13.5 Å². The first-order chi connectivity index (χ1) is 11.0. The molecule has 6 nitrogen and oxygen atoms in total. The van der Waals surface area contributed by atoms with E-state index < -0.39 is 22.9 Å². The predicted molar refractivity (Wildman–Crippen MR) is 83.3 cm³/mol. The molecule has 0 fully saturated rings. The molecule has 0 radical (unpaired) electrons. The molecule has 0 aliphatic rings. The van der Waals surface area contributed by atoms with Crippen LogP contribution in [0.2, 0.25) is 0 Å². The van der Waals surface area contributed by atoms with Crippen LogP contribution in [0.3, 0.4) is 0 Å². The number of hydrogen-bond acceptors (Lipinski definition) is 5. The highest BCUT2D eigenvalue weighted by molar-refractivity contribution is 7.15. The summed E-state index contributed by atoms with van der Waals surface area (Å²) in [6.45, 7) is 1.81. The molecule has 0 spiro atoms. The Bertz CT molecular complexity index is 947. The fourth-order valence-corrected chi connectivity index (χ4v) is 3.00. The van der Waals surface area contributed by atoms with Crippen molar-refractivity contribution < 1.29 is 14.3 Å². The number of nitrogens with zero attached hydrogens (tertiary/aromatic N) is 2. The van der Waals surface area contributed by atoms with Crippen LogP contribution in [-0.2, 0) is 6.54 Å². The number of fused-ring (bicyclic) bond motifs is 1. The highest BCUT2D eigenvalue weighted by atomic mass is 32.1. The molecule has 2 N–H and O–H groups in total. The molecule has 23 heavy (non-hydrogen) atoms. The van der Waals surface area contributed by atoms with Gasteiger partial charge in [0.1, 0.15) is 5.82 Å². The van der Waals surface area contributed by atoms with Gasteiger partial charge < -0.3 is 10.4 Å². The van der Waals surface area contributed by atoms with Crippen molar-refractivity contribution in [3.8, 4) is 5.88 Å². The van der Waals surface area contributed by atoms with Crippen molar-refractivity contribution in [3.05, 3.63) is 62.6 Å². The Morgan fingerprint density at radius 1 is 1.39 bits per heavy atom. The number of hydrogen-bond donors (Lipinski definition) is 2. The van der Waals surface area contributed by atoms with E-state index in [0.717, 1.165) is 0 Å². The Kier molecular flexibility index (Phi) is 3.83. The molecular formula is C15H12FN3O3S. The maximum Gasteiger partial charge on any atom is 0.275 e. The number of aryl methyl sites for hydroxylation is 1. The summed E-state index contributed by atoms with van der Waals surface area (Å²) in [6, 6.07) is 5.59. The lowest BCUT2D eigenvalue weighted by atomic mass is 10.2. The van der Waals surface area contributed by atoms with Crippen LogP contribution in [0.1, 0.15) is 21.6 Å². The second-order valence-corrected chi connectivity index (χ2v) is 5.76. The highest BCUT2D eigenvalue weighted by Gasteiger charge is 2.21. The number of carbonyl (C=O) groups is 1. The van der Waals surface area contributed by atoms with E-state index in [4.69, 9.17) is 0 Å². The number of thiazole rings is 1. The van der Waals surface area contributed by atoms with E-state index in [9.17, 15) is 19.1 Å². The van der Waals surface area contributed by atoms with Gasteiger partial charge in [0.15, 0.2) is 10.5 Å². The molecule has 0 aliphatic heterocycles. The molecule has 0 aliphatic carbocycles. The maximum atomic E-state index is 12.8. The summed E-state index contributed by atoms with van der Waals surface area (Å²) in [6.07, 6.45) is 0. The first-order valence-electron chi connectivity index (χ1n) is 6.70. The molecule has 3 aromatic rings. The number of aromatic hydroxyl groups is 1. The topological polar surface area (TPSA) is 83.7 Å². The molecule has 118 valence electrons. The third-order valence-corrected chi connectivity index (χ3v) is 4.26. The second-order valence-electron chi connectivity index (χ2n) is 4.92. The first kappa shape index (κ1) is 15.2. The van der Waals surface area contributed by atoms with Gasteiger partial charge in [0.05, 0.1) is 0 Å². The SMILES string of the molecule is Cc1csc2nc(O)c(C(=O)NCc3ccc(F)cc3)c(=O)n12. The zero-order valence-corrected chi connectivity index (χ0v) is 12.9. The fraction of sp³-hybridized carbons (Fsp3) is 0.133. The fourth-order valence-electron chi connectivity index (χ4n) is 2.14. The number of amides is 1. The number of rotatable bonds is 3. The zero-order chi connectivity index (χ0) is 16.6. The van der Waals surface area contributed by atoms with Crippen molar-refractivity contribution in [2.24, 2.45) is 0 Å². The van der Waals surface area contributed by atoms with E-state index in [2.05, 4.69) is 10.3 Å². The molecule has 3 rings (SSSR count). The lowest BCUT2D eigenvalue weighted by Crippen LogP contribution is -2.31. The number of nitrogens with one attached hydrogen (secondary N) is 1. The van der Waals surface area contributed by atoms with E-state index in [1.54, 1.807) is 12.3 Å². The Labute approximate surface area is 133 Å². The molecule has 2 aromatic heterocycles. The number of benzene rings is 1. The van der Waals surface area contributed by atoms with Crippen LogP contribution in [0, 0.1) is 12.7 Å². The normalized spacial score (nSPS) is 10.9. The van der Waals surface area contributed by atoms with Crippen LogP contribution >= 0.6 is 11.3 Å². The standard InChI is InChI=1S/C15H12FN3O3S/c1-8-7-23-15-18-13(21)11(14(22)19(8)15)12(20)17-6-9-2-4-10(16)5-3-9/h2-5,7,21H,6H2,1H3,(H,17,20). The van der Waals surface area contributed by atoms with Crippen LogP contribution < -0.4 is 10.9 Å². The van der Waals surface area contributed by atoms with E-state index in [-0.39, 0.29) is 12.4 Å². The molecule has 0 bridgehead atoms. The van der Waals surface area contributed by atoms with Gasteiger partial charge in [-0.1, -0.05) is 12.1 Å². The van der Waals surface area contributed by atoms with Crippen LogP contribution in [0.25, 0.3) is 4.96 Å². The molecule has 1 amide bonds. The Morgan fingerprint density at radius 2 is 2.09 bits per heavy atom. The van der Waals surface area contributed by atoms with Gasteiger partial charge in [0.2, 0.25) is 5.88 Å². The number of aromatic nitrogens is 2. The van der Waals surface area contributed by atoms with Gasteiger partial charge in [-0.2, -0.15) is 4.98 Å². The minimum atomic E-state index is -0.732. The third-order valence-electron chi connectivity index (χ3n) is 3.31. The molecule has 0 saturated carbocycles. The lowest BCUT2D eigenvalue weighted by Gasteiger charge is -2.07. The van der Waals surface area contributed by atoms with Crippen LogP contribution in [0.5, 0.6) is 5.88 Å². The van der Waals surface area contributed by atoms with E-state index in [1.165, 1.54) is 40.0 Å². The van der Waals surface area contributed by atoms with Gasteiger partial charge in [-0.15, -0.1) is 11.3 Å². The van der Waals surface area contributed by atoms with Crippen molar-refractivity contribution >= 4 is 22.2 Å². The molecule has 0 unspecified atom stereocenters. The van der Waals surface area contributed by atoms with Gasteiger partial charge in [-0.05, 0) is 24.6 Å². The largest absolute Gasteiger partial charge is 0.492 e. The zero-order valence-electron chi connectivity index (χ0n) is 12.0. The summed E-state index contributed by atoms with van der Waals surface area (Å²) >= 11 is 1.20. The monoisotopic (exact) mass is 333 g/mol.